The maximum absolute atomic E-state index is 5.93. The van der Waals surface area contributed by atoms with Crippen LogP contribution in [0.4, 0.5) is 0 Å². The Balaban J connectivity index is 1.60. The molecule has 166 valence electrons. The van der Waals surface area contributed by atoms with Crippen molar-refractivity contribution in [2.45, 2.75) is 46.5 Å². The van der Waals surface area contributed by atoms with Crippen LogP contribution in [0, 0.1) is 5.92 Å². The van der Waals surface area contributed by atoms with Crippen LogP contribution in [0.5, 0.6) is 0 Å². The molecule has 0 radical (unpaired) electrons. The van der Waals surface area contributed by atoms with E-state index in [2.05, 4.69) is 88.1 Å². The fourth-order valence-electron chi connectivity index (χ4n) is 4.55. The van der Waals surface area contributed by atoms with E-state index in [0.717, 1.165) is 45.5 Å². The number of rotatable bonds is 4. The van der Waals surface area contributed by atoms with Gasteiger partial charge < -0.3 is 4.42 Å². The second-order valence-electron chi connectivity index (χ2n) is 10.3. The molecular formula is C30H30N2O. The van der Waals surface area contributed by atoms with Gasteiger partial charge in [0.2, 0.25) is 0 Å². The van der Waals surface area contributed by atoms with Crippen LogP contribution in [-0.2, 0) is 11.8 Å². The van der Waals surface area contributed by atoms with Gasteiger partial charge in [0.25, 0.3) is 0 Å². The lowest BCUT2D eigenvalue weighted by molar-refractivity contribution is 0.596. The van der Waals surface area contributed by atoms with E-state index in [0.29, 0.717) is 5.92 Å². The van der Waals surface area contributed by atoms with Crippen LogP contribution >= 0.6 is 0 Å². The van der Waals surface area contributed by atoms with Gasteiger partial charge in [0, 0.05) is 40.7 Å². The monoisotopic (exact) mass is 434 g/mol. The van der Waals surface area contributed by atoms with Crippen LogP contribution in [-0.4, -0.2) is 9.97 Å². The minimum Gasteiger partial charge on any atom is -0.464 e. The molecule has 0 unspecified atom stereocenters. The molecular weight excluding hydrogens is 404 g/mol. The van der Waals surface area contributed by atoms with Gasteiger partial charge in [-0.15, -0.1) is 0 Å². The van der Waals surface area contributed by atoms with E-state index < -0.39 is 0 Å². The Labute approximate surface area is 195 Å². The summed E-state index contributed by atoms with van der Waals surface area (Å²) < 4.78 is 5.93. The molecule has 0 spiro atoms. The maximum Gasteiger partial charge on any atom is 0.137 e. The number of furan rings is 1. The van der Waals surface area contributed by atoms with Crippen LogP contribution < -0.4 is 0 Å². The number of hydrogen-bond donors (Lipinski definition) is 0. The summed E-state index contributed by atoms with van der Waals surface area (Å²) >= 11 is 0. The van der Waals surface area contributed by atoms with E-state index in [4.69, 9.17) is 9.40 Å². The molecule has 0 amide bonds. The SMILES string of the molecule is CC(C)Cc1cc2occ(-c3ccnc(-c4cc(C(C)(C)C)c5ccccc5c4)c3)c2cn1. The van der Waals surface area contributed by atoms with Gasteiger partial charge in [0.05, 0.1) is 12.0 Å². The van der Waals surface area contributed by atoms with Crippen molar-refractivity contribution >= 4 is 21.7 Å². The number of pyridine rings is 2. The molecule has 3 heterocycles. The molecule has 5 aromatic rings. The smallest absolute Gasteiger partial charge is 0.137 e. The molecule has 0 aliphatic rings. The Hall–Kier alpha value is -3.46. The van der Waals surface area contributed by atoms with Gasteiger partial charge in [-0.1, -0.05) is 58.9 Å². The first-order chi connectivity index (χ1) is 15.8. The van der Waals surface area contributed by atoms with Gasteiger partial charge in [0.15, 0.2) is 0 Å². The van der Waals surface area contributed by atoms with E-state index in [1.165, 1.54) is 16.3 Å². The summed E-state index contributed by atoms with van der Waals surface area (Å²) in [5, 5.41) is 3.57. The summed E-state index contributed by atoms with van der Waals surface area (Å²) in [4.78, 5) is 9.41. The summed E-state index contributed by atoms with van der Waals surface area (Å²) in [7, 11) is 0. The summed E-state index contributed by atoms with van der Waals surface area (Å²) in [6.07, 6.45) is 6.62. The minimum atomic E-state index is 0.0351. The topological polar surface area (TPSA) is 38.9 Å². The zero-order chi connectivity index (χ0) is 23.2. The third kappa shape index (κ3) is 4.16. The van der Waals surface area contributed by atoms with E-state index in [-0.39, 0.29) is 5.41 Å². The van der Waals surface area contributed by atoms with Crippen molar-refractivity contribution in [3.05, 3.63) is 84.5 Å². The number of nitrogens with zero attached hydrogens (tertiary/aromatic N) is 2. The van der Waals surface area contributed by atoms with Crippen LogP contribution in [0.3, 0.4) is 0 Å². The fourth-order valence-corrected chi connectivity index (χ4v) is 4.55. The number of hydrogen-bond acceptors (Lipinski definition) is 3. The van der Waals surface area contributed by atoms with Gasteiger partial charge >= 0.3 is 0 Å². The Morgan fingerprint density at radius 2 is 1.70 bits per heavy atom. The molecule has 3 nitrogen and oxygen atoms in total. The van der Waals surface area contributed by atoms with Crippen LogP contribution in [0.1, 0.15) is 45.9 Å². The predicted octanol–water partition coefficient (Wildman–Crippen LogP) is 8.21. The largest absolute Gasteiger partial charge is 0.464 e. The third-order valence-electron chi connectivity index (χ3n) is 6.17. The second kappa shape index (κ2) is 8.15. The molecule has 0 aliphatic heterocycles. The summed E-state index contributed by atoms with van der Waals surface area (Å²) in [6, 6.07) is 19.4. The highest BCUT2D eigenvalue weighted by molar-refractivity contribution is 5.95. The minimum absolute atomic E-state index is 0.0351. The van der Waals surface area contributed by atoms with Crippen molar-refractivity contribution in [1.29, 1.82) is 0 Å². The fraction of sp³-hybridized carbons (Fsp3) is 0.267. The summed E-state index contributed by atoms with van der Waals surface area (Å²) in [5.41, 5.74) is 7.55. The van der Waals surface area contributed by atoms with E-state index in [1.807, 2.05) is 24.7 Å². The van der Waals surface area contributed by atoms with Gasteiger partial charge in [-0.2, -0.15) is 0 Å². The van der Waals surface area contributed by atoms with E-state index >= 15 is 0 Å². The lowest BCUT2D eigenvalue weighted by Crippen LogP contribution is -2.12. The van der Waals surface area contributed by atoms with Crippen LogP contribution in [0.15, 0.2) is 77.7 Å². The van der Waals surface area contributed by atoms with Gasteiger partial charge in [-0.25, -0.2) is 0 Å². The predicted molar refractivity (Wildman–Crippen MR) is 137 cm³/mol. The van der Waals surface area contributed by atoms with Gasteiger partial charge in [-0.05, 0) is 63.9 Å². The van der Waals surface area contributed by atoms with Crippen molar-refractivity contribution in [3.8, 4) is 22.4 Å². The first kappa shape index (κ1) is 21.4. The molecule has 0 saturated carbocycles. The third-order valence-corrected chi connectivity index (χ3v) is 6.17. The van der Waals surface area contributed by atoms with Crippen molar-refractivity contribution < 1.29 is 4.42 Å². The molecule has 0 bridgehead atoms. The average molecular weight is 435 g/mol. The summed E-state index contributed by atoms with van der Waals surface area (Å²) in [5.74, 6) is 0.562. The molecule has 0 saturated heterocycles. The van der Waals surface area contributed by atoms with Crippen molar-refractivity contribution in [1.82, 2.24) is 9.97 Å². The normalized spacial score (nSPS) is 12.2. The molecule has 0 N–H and O–H groups in total. The average Bonchev–Trinajstić information content (AvgIpc) is 3.20. The molecule has 3 heteroatoms. The van der Waals surface area contributed by atoms with E-state index in [9.17, 15) is 0 Å². The molecule has 3 aromatic heterocycles. The molecule has 33 heavy (non-hydrogen) atoms. The number of benzene rings is 2. The first-order valence-electron chi connectivity index (χ1n) is 11.7. The Bertz CT molecular complexity index is 1450. The maximum atomic E-state index is 5.93. The van der Waals surface area contributed by atoms with Crippen LogP contribution in [0.25, 0.3) is 44.1 Å². The Kier molecular flexibility index (Phi) is 5.28. The van der Waals surface area contributed by atoms with Crippen molar-refractivity contribution in [2.75, 3.05) is 0 Å². The standard InChI is InChI=1S/C30H30N2O/c1-19(2)12-23-16-29-25(17-32-23)26(18-33-29)21-10-11-31-28(15-21)22-13-20-8-6-7-9-24(20)27(14-22)30(3,4)5/h6-11,13-19H,12H2,1-5H3. The first-order valence-corrected chi connectivity index (χ1v) is 11.7. The van der Waals surface area contributed by atoms with Crippen molar-refractivity contribution in [3.63, 3.8) is 0 Å². The van der Waals surface area contributed by atoms with E-state index in [1.54, 1.807) is 0 Å². The molecule has 0 fully saturated rings. The molecule has 0 aliphatic carbocycles. The Morgan fingerprint density at radius 3 is 2.48 bits per heavy atom. The zero-order valence-electron chi connectivity index (χ0n) is 20.0. The molecule has 5 rings (SSSR count). The number of aromatic nitrogens is 2. The highest BCUT2D eigenvalue weighted by atomic mass is 16.3. The van der Waals surface area contributed by atoms with Crippen molar-refractivity contribution in [2.24, 2.45) is 5.92 Å². The van der Waals surface area contributed by atoms with Gasteiger partial charge in [-0.3, -0.25) is 9.97 Å². The zero-order valence-corrected chi connectivity index (χ0v) is 20.0. The highest BCUT2D eigenvalue weighted by Gasteiger charge is 2.19. The van der Waals surface area contributed by atoms with Crippen LogP contribution in [0.2, 0.25) is 0 Å². The quantitative estimate of drug-likeness (QED) is 0.286. The lowest BCUT2D eigenvalue weighted by Gasteiger charge is -2.22. The lowest BCUT2D eigenvalue weighted by atomic mass is 9.82. The molecule has 2 aromatic carbocycles. The number of fused-ring (bicyclic) bond motifs is 2. The van der Waals surface area contributed by atoms with Gasteiger partial charge in [0.1, 0.15) is 5.58 Å². The second-order valence-corrected chi connectivity index (χ2v) is 10.3. The molecule has 0 atom stereocenters. The Morgan fingerprint density at radius 1 is 0.879 bits per heavy atom. The highest BCUT2D eigenvalue weighted by Crippen LogP contribution is 2.36. The summed E-state index contributed by atoms with van der Waals surface area (Å²) in [6.45, 7) is 11.2.